The molecule has 0 saturated heterocycles. The Kier molecular flexibility index (Phi) is 4.10. The first-order valence-corrected chi connectivity index (χ1v) is 9.61. The second-order valence-corrected chi connectivity index (χ2v) is 6.84. The molecule has 0 aliphatic heterocycles. The molecule has 0 unspecified atom stereocenters. The summed E-state index contributed by atoms with van der Waals surface area (Å²) in [4.78, 5) is 0. The van der Waals surface area contributed by atoms with E-state index < -0.39 is 0 Å². The van der Waals surface area contributed by atoms with E-state index >= 15 is 0 Å². The molecule has 0 fully saturated rings. The molecule has 0 saturated carbocycles. The minimum Gasteiger partial charge on any atom is -0.0966 e. The Morgan fingerprint density at radius 2 is 1.43 bits per heavy atom. The van der Waals surface area contributed by atoms with E-state index in [4.69, 9.17) is 0 Å². The van der Waals surface area contributed by atoms with E-state index in [1.807, 2.05) is 5.83 Å². The van der Waals surface area contributed by atoms with Crippen LogP contribution in [0.4, 0.5) is 0 Å². The molecule has 0 radical (unpaired) electrons. The zero-order valence-corrected chi connectivity index (χ0v) is 16.1. The van der Waals surface area contributed by atoms with Crippen LogP contribution in [-0.4, -0.2) is 5.83 Å². The Morgan fingerprint density at radius 3 is 2.13 bits per heavy atom. The first kappa shape index (κ1) is 16.3. The van der Waals surface area contributed by atoms with E-state index in [9.17, 15) is 0 Å². The summed E-state index contributed by atoms with van der Waals surface area (Å²) in [5.74, 6) is 1.81. The maximum Gasteiger partial charge on any atom is 0.0159 e. The summed E-state index contributed by atoms with van der Waals surface area (Å²) in [6.45, 7) is 9.12. The van der Waals surface area contributed by atoms with Gasteiger partial charge in [0.1, 0.15) is 0 Å². The number of fused-ring (bicyclic) bond motifs is 5. The van der Waals surface area contributed by atoms with Gasteiger partial charge < -0.3 is 0 Å². The predicted octanol–water partition coefficient (Wildman–Crippen LogP) is 6.77. The zero-order valence-electron chi connectivity index (χ0n) is 14.5. The average molecular weight is 367 g/mol. The molecule has 1 aliphatic carbocycles. The lowest BCUT2D eigenvalue weighted by atomic mass is 9.81. The summed E-state index contributed by atoms with van der Waals surface area (Å²) in [6, 6.07) is 18.1. The molecule has 3 aromatic carbocycles. The third kappa shape index (κ3) is 2.33. The highest BCUT2D eigenvalue weighted by atomic mass is 79.9. The number of aryl methyl sites for hydroxylation is 2. The van der Waals surface area contributed by atoms with Crippen LogP contribution in [0.15, 0.2) is 48.5 Å². The van der Waals surface area contributed by atoms with E-state index in [2.05, 4.69) is 92.2 Å². The van der Waals surface area contributed by atoms with Crippen LogP contribution in [0.3, 0.4) is 0 Å². The minimum atomic E-state index is 0.0888. The summed E-state index contributed by atoms with van der Waals surface area (Å²) < 4.78 is 0. The van der Waals surface area contributed by atoms with Gasteiger partial charge in [0.05, 0.1) is 0 Å². The second kappa shape index (κ2) is 5.79. The molecule has 4 rings (SSSR count). The summed E-state index contributed by atoms with van der Waals surface area (Å²) in [5, 5.41) is 2.77. The SMILES string of the molecule is CBr.Cc1ccc2c(c1)C(C)(C)c1cc(C)c3ccccc3c1-2. The zero-order chi connectivity index (χ0) is 16.8. The number of alkyl halides is 1. The Balaban J connectivity index is 0.000000753. The summed E-state index contributed by atoms with van der Waals surface area (Å²) in [7, 11) is 0. The molecule has 3 aromatic rings. The summed E-state index contributed by atoms with van der Waals surface area (Å²) >= 11 is 2.94. The van der Waals surface area contributed by atoms with Crippen molar-refractivity contribution in [1.29, 1.82) is 0 Å². The van der Waals surface area contributed by atoms with Gasteiger partial charge in [-0.25, -0.2) is 0 Å². The van der Waals surface area contributed by atoms with Crippen LogP contribution in [-0.2, 0) is 5.41 Å². The molecule has 1 heteroatoms. The van der Waals surface area contributed by atoms with Crippen molar-refractivity contribution in [2.24, 2.45) is 0 Å². The van der Waals surface area contributed by atoms with Crippen LogP contribution in [0, 0.1) is 13.8 Å². The number of rotatable bonds is 0. The lowest BCUT2D eigenvalue weighted by Crippen LogP contribution is -2.15. The van der Waals surface area contributed by atoms with Gasteiger partial charge in [-0.15, -0.1) is 0 Å². The van der Waals surface area contributed by atoms with Gasteiger partial charge in [0.25, 0.3) is 0 Å². The van der Waals surface area contributed by atoms with Gasteiger partial charge in [0.15, 0.2) is 0 Å². The smallest absolute Gasteiger partial charge is 0.0159 e. The Bertz CT molecular complexity index is 888. The van der Waals surface area contributed by atoms with Crippen LogP contribution < -0.4 is 0 Å². The predicted molar refractivity (Wildman–Crippen MR) is 106 cm³/mol. The van der Waals surface area contributed by atoms with Gasteiger partial charge in [-0.1, -0.05) is 83.9 Å². The third-order valence-corrected chi connectivity index (χ3v) is 5.04. The molecule has 0 atom stereocenters. The van der Waals surface area contributed by atoms with Crippen molar-refractivity contribution in [3.63, 3.8) is 0 Å². The van der Waals surface area contributed by atoms with Crippen molar-refractivity contribution in [2.75, 3.05) is 5.83 Å². The molecular weight excluding hydrogens is 344 g/mol. The van der Waals surface area contributed by atoms with E-state index in [-0.39, 0.29) is 5.41 Å². The highest BCUT2D eigenvalue weighted by Gasteiger charge is 2.36. The largest absolute Gasteiger partial charge is 0.0966 e. The minimum absolute atomic E-state index is 0.0888. The van der Waals surface area contributed by atoms with Crippen molar-refractivity contribution in [2.45, 2.75) is 33.1 Å². The molecule has 0 N–H and O–H groups in total. The van der Waals surface area contributed by atoms with E-state index in [0.717, 1.165) is 0 Å². The molecule has 0 spiro atoms. The van der Waals surface area contributed by atoms with Crippen molar-refractivity contribution < 1.29 is 0 Å². The van der Waals surface area contributed by atoms with Gasteiger partial charge in [0.2, 0.25) is 0 Å². The fraction of sp³-hybridized carbons (Fsp3) is 0.273. The van der Waals surface area contributed by atoms with Crippen LogP contribution in [0.2, 0.25) is 0 Å². The van der Waals surface area contributed by atoms with E-state index in [1.54, 1.807) is 0 Å². The van der Waals surface area contributed by atoms with E-state index in [1.165, 1.54) is 44.2 Å². The van der Waals surface area contributed by atoms with Crippen molar-refractivity contribution in [1.82, 2.24) is 0 Å². The molecule has 0 bridgehead atoms. The lowest BCUT2D eigenvalue weighted by molar-refractivity contribution is 0.659. The third-order valence-electron chi connectivity index (χ3n) is 5.04. The molecular formula is C22H23Br. The number of benzene rings is 3. The Morgan fingerprint density at radius 1 is 0.783 bits per heavy atom. The Labute approximate surface area is 147 Å². The van der Waals surface area contributed by atoms with Crippen LogP contribution >= 0.6 is 15.9 Å². The van der Waals surface area contributed by atoms with Crippen molar-refractivity contribution >= 4 is 26.7 Å². The molecule has 0 heterocycles. The van der Waals surface area contributed by atoms with Crippen LogP contribution in [0.1, 0.15) is 36.1 Å². The molecule has 0 aromatic heterocycles. The molecule has 0 nitrogen and oxygen atoms in total. The number of hydrogen-bond donors (Lipinski definition) is 0. The maximum absolute atomic E-state index is 2.94. The van der Waals surface area contributed by atoms with Crippen LogP contribution in [0.5, 0.6) is 0 Å². The highest BCUT2D eigenvalue weighted by Crippen LogP contribution is 2.51. The van der Waals surface area contributed by atoms with Crippen molar-refractivity contribution in [3.05, 3.63) is 70.8 Å². The lowest BCUT2D eigenvalue weighted by Gasteiger charge is -2.22. The molecule has 1 aliphatic rings. The quantitative estimate of drug-likeness (QED) is 0.385. The molecule has 23 heavy (non-hydrogen) atoms. The van der Waals surface area contributed by atoms with E-state index in [0.29, 0.717) is 0 Å². The van der Waals surface area contributed by atoms with Crippen molar-refractivity contribution in [3.8, 4) is 11.1 Å². The van der Waals surface area contributed by atoms with Crippen LogP contribution in [0.25, 0.3) is 21.9 Å². The summed E-state index contributed by atoms with van der Waals surface area (Å²) in [6.07, 6.45) is 0. The first-order valence-electron chi connectivity index (χ1n) is 8.02. The highest BCUT2D eigenvalue weighted by molar-refractivity contribution is 9.08. The van der Waals surface area contributed by atoms with Gasteiger partial charge >= 0.3 is 0 Å². The number of halogens is 1. The second-order valence-electron chi connectivity index (χ2n) is 6.84. The van der Waals surface area contributed by atoms with Gasteiger partial charge in [-0.05, 0) is 58.3 Å². The maximum atomic E-state index is 2.94. The van der Waals surface area contributed by atoms with Gasteiger partial charge in [-0.3, -0.25) is 0 Å². The van der Waals surface area contributed by atoms with Gasteiger partial charge in [-0.2, -0.15) is 0 Å². The molecule has 118 valence electrons. The molecule has 0 amide bonds. The monoisotopic (exact) mass is 366 g/mol. The standard InChI is InChI=1S/C21H20.CH3Br/c1-13-9-10-17-18(11-13)21(3,4)19-12-14(2)15-7-5-6-8-16(15)20(17)19;1-2/h5-12H,1-4H3;1H3. The fourth-order valence-electron chi connectivity index (χ4n) is 3.88. The number of hydrogen-bond acceptors (Lipinski definition) is 0. The normalized spacial score (nSPS) is 14.0. The average Bonchev–Trinajstić information content (AvgIpc) is 2.78. The fourth-order valence-corrected chi connectivity index (χ4v) is 3.88. The summed E-state index contributed by atoms with van der Waals surface area (Å²) in [5.41, 5.74) is 8.60. The van der Waals surface area contributed by atoms with Gasteiger partial charge in [0, 0.05) is 5.41 Å². The first-order chi connectivity index (χ1) is 11.0. The topological polar surface area (TPSA) is 0 Å². The Hall–Kier alpha value is -1.60.